The van der Waals surface area contributed by atoms with Crippen LogP contribution in [0.3, 0.4) is 0 Å². The van der Waals surface area contributed by atoms with E-state index in [2.05, 4.69) is 10.1 Å². The Morgan fingerprint density at radius 3 is 2.68 bits per heavy atom. The fraction of sp³-hybridized carbons (Fsp3) is 0.308. The molecule has 100 valence electrons. The standard InChI is InChI=1S/C13H16ClN5/c1-3-10-17-11(4-2)19(18-10)9-7-5-6-8(14)12(9)13(15)16/h5-7H,3-4H2,1-2H3,(H3,15,16). The maximum absolute atomic E-state index is 7.68. The summed E-state index contributed by atoms with van der Waals surface area (Å²) in [4.78, 5) is 4.45. The van der Waals surface area contributed by atoms with E-state index in [1.165, 1.54) is 0 Å². The highest BCUT2D eigenvalue weighted by molar-refractivity contribution is 6.34. The largest absolute Gasteiger partial charge is 0.384 e. The lowest BCUT2D eigenvalue weighted by Gasteiger charge is -2.11. The second-order valence-corrected chi connectivity index (χ2v) is 4.52. The van der Waals surface area contributed by atoms with Gasteiger partial charge in [-0.2, -0.15) is 5.10 Å². The molecule has 1 aromatic heterocycles. The predicted molar refractivity (Wildman–Crippen MR) is 76.1 cm³/mol. The number of nitrogen functional groups attached to an aromatic ring is 1. The van der Waals surface area contributed by atoms with Crippen LogP contribution in [-0.4, -0.2) is 20.6 Å². The zero-order valence-electron chi connectivity index (χ0n) is 10.9. The van der Waals surface area contributed by atoms with Crippen LogP contribution in [0.25, 0.3) is 5.69 Å². The Labute approximate surface area is 116 Å². The summed E-state index contributed by atoms with van der Waals surface area (Å²) < 4.78 is 1.72. The average Bonchev–Trinajstić information content (AvgIpc) is 2.81. The molecule has 0 spiro atoms. The number of aromatic nitrogens is 3. The van der Waals surface area contributed by atoms with Gasteiger partial charge in [-0.1, -0.05) is 31.5 Å². The molecule has 0 fully saturated rings. The zero-order valence-corrected chi connectivity index (χ0v) is 11.7. The summed E-state index contributed by atoms with van der Waals surface area (Å²) in [7, 11) is 0. The van der Waals surface area contributed by atoms with Crippen molar-refractivity contribution in [3.8, 4) is 5.69 Å². The summed E-state index contributed by atoms with van der Waals surface area (Å²) in [6, 6.07) is 5.37. The highest BCUT2D eigenvalue weighted by Crippen LogP contribution is 2.23. The maximum Gasteiger partial charge on any atom is 0.151 e. The Bertz CT molecular complexity index is 617. The highest BCUT2D eigenvalue weighted by atomic mass is 35.5. The molecule has 0 amide bonds. The van der Waals surface area contributed by atoms with Gasteiger partial charge in [0.15, 0.2) is 5.82 Å². The van der Waals surface area contributed by atoms with Crippen molar-refractivity contribution < 1.29 is 0 Å². The SMILES string of the molecule is CCc1nc(CC)n(-c2cccc(Cl)c2C(=N)N)n1. The third-order valence-electron chi connectivity index (χ3n) is 2.84. The number of hydrogen-bond donors (Lipinski definition) is 2. The third-order valence-corrected chi connectivity index (χ3v) is 3.15. The molecule has 0 saturated carbocycles. The van der Waals surface area contributed by atoms with E-state index >= 15 is 0 Å². The molecule has 3 N–H and O–H groups in total. The van der Waals surface area contributed by atoms with Crippen LogP contribution in [0, 0.1) is 5.41 Å². The molecule has 5 nitrogen and oxygen atoms in total. The lowest BCUT2D eigenvalue weighted by atomic mass is 10.1. The quantitative estimate of drug-likeness (QED) is 0.665. The fourth-order valence-corrected chi connectivity index (χ4v) is 2.19. The van der Waals surface area contributed by atoms with Crippen LogP contribution in [0.4, 0.5) is 0 Å². The van der Waals surface area contributed by atoms with Crippen LogP contribution in [0.2, 0.25) is 5.02 Å². The summed E-state index contributed by atoms with van der Waals surface area (Å²) in [5, 5.41) is 12.6. The molecule has 0 bridgehead atoms. The molecule has 19 heavy (non-hydrogen) atoms. The smallest absolute Gasteiger partial charge is 0.151 e. The van der Waals surface area contributed by atoms with Crippen molar-refractivity contribution >= 4 is 17.4 Å². The van der Waals surface area contributed by atoms with Crippen LogP contribution in [0.5, 0.6) is 0 Å². The summed E-state index contributed by atoms with van der Waals surface area (Å²) in [6.45, 7) is 4.01. The monoisotopic (exact) mass is 277 g/mol. The molecule has 1 heterocycles. The van der Waals surface area contributed by atoms with Gasteiger partial charge >= 0.3 is 0 Å². The molecule has 0 aliphatic heterocycles. The minimum Gasteiger partial charge on any atom is -0.384 e. The van der Waals surface area contributed by atoms with Gasteiger partial charge in [-0.25, -0.2) is 9.67 Å². The first kappa shape index (κ1) is 13.5. The molecule has 0 unspecified atom stereocenters. The van der Waals surface area contributed by atoms with E-state index in [0.717, 1.165) is 24.5 Å². The van der Waals surface area contributed by atoms with Gasteiger partial charge in [0.05, 0.1) is 16.3 Å². The van der Waals surface area contributed by atoms with Crippen LogP contribution in [0.15, 0.2) is 18.2 Å². The van der Waals surface area contributed by atoms with Crippen molar-refractivity contribution in [3.05, 3.63) is 40.4 Å². The van der Waals surface area contributed by atoms with Crippen molar-refractivity contribution in [2.24, 2.45) is 5.73 Å². The first-order valence-corrected chi connectivity index (χ1v) is 6.54. The van der Waals surface area contributed by atoms with Gasteiger partial charge in [-0.05, 0) is 12.1 Å². The molecular formula is C13H16ClN5. The number of amidine groups is 1. The zero-order chi connectivity index (χ0) is 14.0. The van der Waals surface area contributed by atoms with Gasteiger partial charge in [0.25, 0.3) is 0 Å². The first-order valence-electron chi connectivity index (χ1n) is 6.16. The number of aryl methyl sites for hydroxylation is 2. The van der Waals surface area contributed by atoms with E-state index in [9.17, 15) is 0 Å². The van der Waals surface area contributed by atoms with Gasteiger partial charge in [0.2, 0.25) is 0 Å². The molecular weight excluding hydrogens is 262 g/mol. The van der Waals surface area contributed by atoms with Crippen LogP contribution < -0.4 is 5.73 Å². The lowest BCUT2D eigenvalue weighted by molar-refractivity contribution is 0.789. The number of hydrogen-bond acceptors (Lipinski definition) is 3. The van der Waals surface area contributed by atoms with Crippen molar-refractivity contribution in [2.75, 3.05) is 0 Å². The lowest BCUT2D eigenvalue weighted by Crippen LogP contribution is -2.17. The summed E-state index contributed by atoms with van der Waals surface area (Å²) in [5.41, 5.74) is 6.81. The summed E-state index contributed by atoms with van der Waals surface area (Å²) in [5.74, 6) is 1.53. The van der Waals surface area contributed by atoms with Crippen molar-refractivity contribution in [1.29, 1.82) is 5.41 Å². The maximum atomic E-state index is 7.68. The Morgan fingerprint density at radius 2 is 2.11 bits per heavy atom. The number of nitrogens with one attached hydrogen (secondary N) is 1. The molecule has 0 aliphatic carbocycles. The first-order chi connectivity index (χ1) is 9.08. The molecule has 0 saturated heterocycles. The number of nitrogens with two attached hydrogens (primary N) is 1. The molecule has 0 aliphatic rings. The van der Waals surface area contributed by atoms with E-state index in [-0.39, 0.29) is 5.84 Å². The van der Waals surface area contributed by atoms with E-state index in [1.54, 1.807) is 10.7 Å². The second kappa shape index (κ2) is 5.40. The number of halogens is 1. The van der Waals surface area contributed by atoms with E-state index in [0.29, 0.717) is 16.3 Å². The predicted octanol–water partition coefficient (Wildman–Crippen LogP) is 2.33. The Kier molecular flexibility index (Phi) is 3.85. The minimum atomic E-state index is -0.0730. The van der Waals surface area contributed by atoms with Crippen molar-refractivity contribution in [2.45, 2.75) is 26.7 Å². The Balaban J connectivity index is 2.68. The molecule has 1 aromatic carbocycles. The minimum absolute atomic E-state index is 0.0730. The Hall–Kier alpha value is -1.88. The summed E-state index contributed by atoms with van der Waals surface area (Å²) >= 11 is 6.13. The Morgan fingerprint density at radius 1 is 1.37 bits per heavy atom. The molecule has 2 aromatic rings. The topological polar surface area (TPSA) is 80.6 Å². The molecule has 0 radical (unpaired) electrons. The van der Waals surface area contributed by atoms with Crippen molar-refractivity contribution in [1.82, 2.24) is 14.8 Å². The number of nitrogens with zero attached hydrogens (tertiary/aromatic N) is 3. The van der Waals surface area contributed by atoms with Gasteiger partial charge in [-0.15, -0.1) is 0 Å². The van der Waals surface area contributed by atoms with Gasteiger partial charge in [0.1, 0.15) is 11.7 Å². The van der Waals surface area contributed by atoms with Crippen LogP contribution >= 0.6 is 11.6 Å². The fourth-order valence-electron chi connectivity index (χ4n) is 1.92. The van der Waals surface area contributed by atoms with Crippen LogP contribution in [0.1, 0.15) is 31.1 Å². The summed E-state index contributed by atoms with van der Waals surface area (Å²) in [6.07, 6.45) is 1.51. The van der Waals surface area contributed by atoms with E-state index in [1.807, 2.05) is 26.0 Å². The number of rotatable bonds is 4. The second-order valence-electron chi connectivity index (χ2n) is 4.11. The normalized spacial score (nSPS) is 10.7. The highest BCUT2D eigenvalue weighted by Gasteiger charge is 2.16. The van der Waals surface area contributed by atoms with E-state index in [4.69, 9.17) is 22.7 Å². The average molecular weight is 278 g/mol. The van der Waals surface area contributed by atoms with Crippen molar-refractivity contribution in [3.63, 3.8) is 0 Å². The molecule has 2 rings (SSSR count). The van der Waals surface area contributed by atoms with Crippen LogP contribution in [-0.2, 0) is 12.8 Å². The van der Waals surface area contributed by atoms with Gasteiger partial charge < -0.3 is 5.73 Å². The third kappa shape index (κ3) is 2.46. The van der Waals surface area contributed by atoms with Gasteiger partial charge in [0, 0.05) is 12.8 Å². The number of benzene rings is 1. The van der Waals surface area contributed by atoms with E-state index < -0.39 is 0 Å². The molecule has 6 heteroatoms. The van der Waals surface area contributed by atoms with Gasteiger partial charge in [-0.3, -0.25) is 5.41 Å². The molecule has 0 atom stereocenters.